The third-order valence-electron chi connectivity index (χ3n) is 6.79. The van der Waals surface area contributed by atoms with E-state index >= 15 is 0 Å². The van der Waals surface area contributed by atoms with Crippen molar-refractivity contribution in [3.05, 3.63) is 35.9 Å². The van der Waals surface area contributed by atoms with Gasteiger partial charge < -0.3 is 10.2 Å². The Kier molecular flexibility index (Phi) is 4.09. The van der Waals surface area contributed by atoms with Crippen LogP contribution in [0.4, 0.5) is 0 Å². The third-order valence-corrected chi connectivity index (χ3v) is 6.79. The molecule has 1 aromatic rings. The van der Waals surface area contributed by atoms with Gasteiger partial charge in [0.25, 0.3) is 0 Å². The lowest BCUT2D eigenvalue weighted by Crippen LogP contribution is -2.70. The fourth-order valence-electron chi connectivity index (χ4n) is 4.63. The molecule has 4 rings (SSSR count). The number of carbonyl (C=O) groups is 2. The monoisotopic (exact) mass is 340 g/mol. The molecule has 3 aliphatic rings. The molecular weight excluding hydrogens is 312 g/mol. The minimum atomic E-state index is -0.670. The molecule has 0 bridgehead atoms. The first-order valence-electron chi connectivity index (χ1n) is 9.75. The molecule has 4 nitrogen and oxygen atoms in total. The Hall–Kier alpha value is -1.84. The predicted molar refractivity (Wildman–Crippen MR) is 97.1 cm³/mol. The van der Waals surface area contributed by atoms with Crippen molar-refractivity contribution in [2.75, 3.05) is 6.54 Å². The van der Waals surface area contributed by atoms with E-state index in [2.05, 4.69) is 17.4 Å². The molecule has 1 saturated heterocycles. The molecule has 2 aliphatic carbocycles. The summed E-state index contributed by atoms with van der Waals surface area (Å²) in [5.74, 6) is 0.201. The van der Waals surface area contributed by atoms with Gasteiger partial charge in [0, 0.05) is 12.6 Å². The van der Waals surface area contributed by atoms with E-state index in [1.165, 1.54) is 6.42 Å². The maximum Gasteiger partial charge on any atom is 0.245 e. The molecule has 2 saturated carbocycles. The fraction of sp³-hybridized carbons (Fsp3) is 0.619. The highest BCUT2D eigenvalue weighted by Gasteiger charge is 2.55. The molecule has 4 heteroatoms. The molecule has 1 aromatic carbocycles. The number of hydrogen-bond donors (Lipinski definition) is 1. The Labute approximate surface area is 150 Å². The molecule has 1 atom stereocenters. The Morgan fingerprint density at radius 1 is 1.04 bits per heavy atom. The minimum Gasteiger partial charge on any atom is -0.351 e. The van der Waals surface area contributed by atoms with Crippen LogP contribution in [0.2, 0.25) is 0 Å². The van der Waals surface area contributed by atoms with E-state index < -0.39 is 11.0 Å². The molecule has 0 radical (unpaired) electrons. The van der Waals surface area contributed by atoms with Crippen LogP contribution >= 0.6 is 0 Å². The van der Waals surface area contributed by atoms with Crippen LogP contribution in [0.5, 0.6) is 0 Å². The lowest BCUT2D eigenvalue weighted by atomic mass is 9.74. The zero-order chi connectivity index (χ0) is 17.5. The second-order valence-electron chi connectivity index (χ2n) is 8.24. The Balaban J connectivity index is 1.57. The number of amides is 2. The van der Waals surface area contributed by atoms with Crippen molar-refractivity contribution in [3.8, 4) is 0 Å². The van der Waals surface area contributed by atoms with Crippen LogP contribution in [-0.4, -0.2) is 34.8 Å². The summed E-state index contributed by atoms with van der Waals surface area (Å²) >= 11 is 0. The summed E-state index contributed by atoms with van der Waals surface area (Å²) in [7, 11) is 0. The second-order valence-corrected chi connectivity index (χ2v) is 8.24. The van der Waals surface area contributed by atoms with Gasteiger partial charge in [0.15, 0.2) is 0 Å². The van der Waals surface area contributed by atoms with Crippen LogP contribution < -0.4 is 5.32 Å². The van der Waals surface area contributed by atoms with Crippen LogP contribution in [0.25, 0.3) is 0 Å². The van der Waals surface area contributed by atoms with Crippen molar-refractivity contribution in [1.82, 2.24) is 10.2 Å². The maximum absolute atomic E-state index is 13.6. The molecule has 1 unspecified atom stereocenters. The first kappa shape index (κ1) is 16.6. The summed E-state index contributed by atoms with van der Waals surface area (Å²) < 4.78 is 0. The van der Waals surface area contributed by atoms with Crippen LogP contribution in [0.1, 0.15) is 63.9 Å². The Bertz CT molecular complexity index is 662. The molecule has 0 spiro atoms. The van der Waals surface area contributed by atoms with E-state index in [1.54, 1.807) is 0 Å². The van der Waals surface area contributed by atoms with E-state index in [0.29, 0.717) is 12.6 Å². The van der Waals surface area contributed by atoms with Crippen molar-refractivity contribution >= 4 is 11.8 Å². The number of hydrogen-bond acceptors (Lipinski definition) is 2. The normalized spacial score (nSPS) is 28.1. The fourth-order valence-corrected chi connectivity index (χ4v) is 4.63. The SMILES string of the molecule is CC1(C(=O)NC2CCC2)CCN1C(=O)C1(c2ccccc2)CCCC1. The molecule has 134 valence electrons. The molecule has 25 heavy (non-hydrogen) atoms. The lowest BCUT2D eigenvalue weighted by molar-refractivity contribution is -0.162. The summed E-state index contributed by atoms with van der Waals surface area (Å²) in [4.78, 5) is 28.3. The zero-order valence-corrected chi connectivity index (χ0v) is 15.1. The molecule has 3 fully saturated rings. The van der Waals surface area contributed by atoms with Crippen LogP contribution in [0.15, 0.2) is 30.3 Å². The van der Waals surface area contributed by atoms with Gasteiger partial charge in [-0.15, -0.1) is 0 Å². The van der Waals surface area contributed by atoms with Crippen molar-refractivity contribution in [2.45, 2.75) is 75.3 Å². The van der Waals surface area contributed by atoms with Crippen molar-refractivity contribution < 1.29 is 9.59 Å². The topological polar surface area (TPSA) is 49.4 Å². The minimum absolute atomic E-state index is 0.0398. The van der Waals surface area contributed by atoms with E-state index in [9.17, 15) is 9.59 Å². The van der Waals surface area contributed by atoms with E-state index in [-0.39, 0.29) is 11.8 Å². The quantitative estimate of drug-likeness (QED) is 0.915. The number of carbonyl (C=O) groups excluding carboxylic acids is 2. The van der Waals surface area contributed by atoms with E-state index in [1.807, 2.05) is 30.0 Å². The number of benzene rings is 1. The van der Waals surface area contributed by atoms with Gasteiger partial charge in [-0.2, -0.15) is 0 Å². The van der Waals surface area contributed by atoms with Gasteiger partial charge in [-0.25, -0.2) is 0 Å². The van der Waals surface area contributed by atoms with Crippen molar-refractivity contribution in [3.63, 3.8) is 0 Å². The van der Waals surface area contributed by atoms with Gasteiger partial charge >= 0.3 is 0 Å². The van der Waals surface area contributed by atoms with Gasteiger partial charge in [-0.1, -0.05) is 43.2 Å². The lowest BCUT2D eigenvalue weighted by Gasteiger charge is -2.52. The van der Waals surface area contributed by atoms with Gasteiger partial charge in [0.05, 0.1) is 5.41 Å². The smallest absolute Gasteiger partial charge is 0.245 e. The van der Waals surface area contributed by atoms with E-state index in [4.69, 9.17) is 0 Å². The van der Waals surface area contributed by atoms with Crippen LogP contribution in [-0.2, 0) is 15.0 Å². The van der Waals surface area contributed by atoms with Crippen LogP contribution in [0, 0.1) is 0 Å². The average molecular weight is 340 g/mol. The Morgan fingerprint density at radius 3 is 2.24 bits per heavy atom. The van der Waals surface area contributed by atoms with Gasteiger partial charge in [-0.3, -0.25) is 9.59 Å². The summed E-state index contributed by atoms with van der Waals surface area (Å²) in [5.41, 5.74) is 0.0163. The van der Waals surface area contributed by atoms with Crippen molar-refractivity contribution in [1.29, 1.82) is 0 Å². The molecular formula is C21H28N2O2. The maximum atomic E-state index is 13.6. The highest BCUT2D eigenvalue weighted by atomic mass is 16.2. The van der Waals surface area contributed by atoms with Crippen molar-refractivity contribution in [2.24, 2.45) is 0 Å². The van der Waals surface area contributed by atoms with Gasteiger partial charge in [0.2, 0.25) is 11.8 Å². The standard InChI is InChI=1S/C21H28N2O2/c1-20(18(24)22-17-10-7-11-17)14-15-23(20)19(25)21(12-5-6-13-21)16-8-3-2-4-9-16/h2-4,8-9,17H,5-7,10-15H2,1H3,(H,22,24). The largest absolute Gasteiger partial charge is 0.351 e. The summed E-state index contributed by atoms with van der Waals surface area (Å²) in [5, 5.41) is 3.15. The third kappa shape index (κ3) is 2.57. The average Bonchev–Trinajstić information content (AvgIpc) is 3.08. The highest BCUT2D eigenvalue weighted by molar-refractivity contribution is 5.97. The van der Waals surface area contributed by atoms with E-state index in [0.717, 1.165) is 50.5 Å². The Morgan fingerprint density at radius 2 is 1.72 bits per heavy atom. The number of rotatable bonds is 4. The first-order valence-corrected chi connectivity index (χ1v) is 9.75. The summed E-state index contributed by atoms with van der Waals surface area (Å²) in [6.45, 7) is 2.64. The number of nitrogens with one attached hydrogen (secondary N) is 1. The molecule has 1 N–H and O–H groups in total. The van der Waals surface area contributed by atoms with Gasteiger partial charge in [0.1, 0.15) is 5.54 Å². The summed E-state index contributed by atoms with van der Waals surface area (Å²) in [6.07, 6.45) is 8.06. The summed E-state index contributed by atoms with van der Waals surface area (Å²) in [6, 6.07) is 10.5. The predicted octanol–water partition coefficient (Wildman–Crippen LogP) is 3.16. The highest BCUT2D eigenvalue weighted by Crippen LogP contribution is 2.46. The second kappa shape index (κ2) is 6.15. The number of likely N-dealkylation sites (tertiary alicyclic amines) is 1. The first-order chi connectivity index (χ1) is 12.1. The molecule has 2 amide bonds. The molecule has 0 aromatic heterocycles. The van der Waals surface area contributed by atoms with Gasteiger partial charge in [-0.05, 0) is 51.0 Å². The zero-order valence-electron chi connectivity index (χ0n) is 15.1. The molecule has 1 aliphatic heterocycles. The number of nitrogens with zero attached hydrogens (tertiary/aromatic N) is 1. The van der Waals surface area contributed by atoms with Crippen LogP contribution in [0.3, 0.4) is 0 Å². The molecule has 1 heterocycles.